The van der Waals surface area contributed by atoms with Crippen LogP contribution in [0.5, 0.6) is 17.2 Å². The maximum absolute atomic E-state index is 13.9. The molecule has 1 aliphatic rings. The quantitative estimate of drug-likeness (QED) is 0.488. The van der Waals surface area contributed by atoms with Crippen molar-refractivity contribution in [3.8, 4) is 28.4 Å². The molecule has 0 saturated carbocycles. The summed E-state index contributed by atoms with van der Waals surface area (Å²) < 4.78 is 30.3. The molecule has 0 saturated heterocycles. The number of hydrogen-bond donors (Lipinski definition) is 0. The van der Waals surface area contributed by atoms with Crippen LogP contribution in [0, 0.1) is 5.82 Å². The van der Waals surface area contributed by atoms with Crippen LogP contribution < -0.4 is 14.2 Å². The van der Waals surface area contributed by atoms with Gasteiger partial charge in [0.25, 0.3) is 0 Å². The highest BCUT2D eigenvalue weighted by Crippen LogP contribution is 2.46. The molecule has 1 unspecified atom stereocenters. The van der Waals surface area contributed by atoms with E-state index in [9.17, 15) is 4.39 Å². The van der Waals surface area contributed by atoms with E-state index in [0.29, 0.717) is 22.6 Å². The van der Waals surface area contributed by atoms with Gasteiger partial charge in [-0.2, -0.15) is 0 Å². The van der Waals surface area contributed by atoms with E-state index >= 15 is 0 Å². The van der Waals surface area contributed by atoms with Crippen molar-refractivity contribution in [2.45, 2.75) is 6.29 Å². The van der Waals surface area contributed by atoms with Crippen LogP contribution in [0.25, 0.3) is 21.6 Å². The summed E-state index contributed by atoms with van der Waals surface area (Å²) >= 11 is 0. The topological polar surface area (TPSA) is 76.5 Å². The average molecular weight is 301 g/mol. The number of rotatable bonds is 4. The fraction of sp³-hybridized carbons (Fsp3) is 0.200. The molecular weight excluding hydrogens is 289 g/mol. The molecule has 1 atom stereocenters. The predicted molar refractivity (Wildman–Crippen MR) is 77.4 cm³/mol. The van der Waals surface area contributed by atoms with Gasteiger partial charge >= 0.3 is 0 Å². The maximum atomic E-state index is 13.9. The van der Waals surface area contributed by atoms with Crippen molar-refractivity contribution >= 4 is 0 Å². The molecule has 0 radical (unpaired) electrons. The molecule has 6 nitrogen and oxygen atoms in total. The number of halogens is 1. The third-order valence-electron chi connectivity index (χ3n) is 3.22. The Kier molecular flexibility index (Phi) is 3.72. The van der Waals surface area contributed by atoms with E-state index in [1.165, 1.54) is 12.1 Å². The highest BCUT2D eigenvalue weighted by atomic mass is 19.1. The molecule has 0 spiro atoms. The second-order valence-corrected chi connectivity index (χ2v) is 4.56. The first kappa shape index (κ1) is 14.0. The van der Waals surface area contributed by atoms with Gasteiger partial charge in [-0.1, -0.05) is 23.3 Å². The van der Waals surface area contributed by atoms with E-state index in [4.69, 9.17) is 19.7 Å². The number of azide groups is 1. The van der Waals surface area contributed by atoms with E-state index < -0.39 is 12.1 Å². The minimum absolute atomic E-state index is 0.00182. The Labute approximate surface area is 125 Å². The summed E-state index contributed by atoms with van der Waals surface area (Å²) in [5.41, 5.74) is 9.57. The van der Waals surface area contributed by atoms with Crippen LogP contribution in [0.1, 0.15) is 0 Å². The summed E-state index contributed by atoms with van der Waals surface area (Å²) in [5.74, 6) is 0.827. The fourth-order valence-corrected chi connectivity index (χ4v) is 2.32. The summed E-state index contributed by atoms with van der Waals surface area (Å²) in [6.45, 7) is -0.00182. The normalized spacial score (nSPS) is 15.3. The van der Waals surface area contributed by atoms with Gasteiger partial charge in [-0.3, -0.25) is 0 Å². The van der Waals surface area contributed by atoms with Crippen molar-refractivity contribution in [1.29, 1.82) is 0 Å². The van der Waals surface area contributed by atoms with Crippen LogP contribution >= 0.6 is 0 Å². The summed E-state index contributed by atoms with van der Waals surface area (Å²) in [4.78, 5) is 2.66. The van der Waals surface area contributed by atoms with Gasteiger partial charge < -0.3 is 14.2 Å². The lowest BCUT2D eigenvalue weighted by Crippen LogP contribution is -2.21. The first-order valence-electron chi connectivity index (χ1n) is 6.54. The minimum Gasteiger partial charge on any atom is -0.496 e. The van der Waals surface area contributed by atoms with Gasteiger partial charge in [0.15, 0.2) is 11.5 Å². The largest absolute Gasteiger partial charge is 0.496 e. The number of methoxy groups -OCH3 is 1. The Balaban J connectivity index is 2.06. The average Bonchev–Trinajstić information content (AvgIpc) is 2.94. The summed E-state index contributed by atoms with van der Waals surface area (Å²) in [7, 11) is 1.54. The minimum atomic E-state index is -0.763. The Bertz CT molecular complexity index is 760. The van der Waals surface area contributed by atoms with E-state index in [-0.39, 0.29) is 12.3 Å². The first-order chi connectivity index (χ1) is 10.7. The number of fused-ring (bicyclic) bond motifs is 1. The lowest BCUT2D eigenvalue weighted by atomic mass is 10.0. The first-order valence-corrected chi connectivity index (χ1v) is 6.54. The van der Waals surface area contributed by atoms with Gasteiger partial charge in [0.2, 0.25) is 6.29 Å². The second-order valence-electron chi connectivity index (χ2n) is 4.56. The standard InChI is InChI=1S/C15H12FN3O3/c1-20-12-5-3-2-4-10(12)11-6-9(16)7-13-15(11)22-14(21-13)8-18-19-17/h2-7,14H,8H2,1H3. The third-order valence-corrected chi connectivity index (χ3v) is 3.22. The molecule has 22 heavy (non-hydrogen) atoms. The molecule has 1 aliphatic heterocycles. The van der Waals surface area contributed by atoms with Crippen molar-refractivity contribution in [2.24, 2.45) is 5.11 Å². The predicted octanol–water partition coefficient (Wildman–Crippen LogP) is 3.91. The molecule has 3 rings (SSSR count). The molecule has 0 bridgehead atoms. The SMILES string of the molecule is COc1ccccc1-c1cc(F)cc2c1OC(CN=[N+]=[N-])O2. The number of hydrogen-bond acceptors (Lipinski definition) is 4. The van der Waals surface area contributed by atoms with Gasteiger partial charge in [-0.15, -0.1) is 0 Å². The molecule has 7 heteroatoms. The Hall–Kier alpha value is -2.92. The Morgan fingerprint density at radius 3 is 2.86 bits per heavy atom. The third kappa shape index (κ3) is 2.49. The molecule has 0 amide bonds. The molecular formula is C15H12FN3O3. The van der Waals surface area contributed by atoms with Gasteiger partial charge in [0.05, 0.1) is 7.11 Å². The number of nitrogens with zero attached hydrogens (tertiary/aromatic N) is 3. The lowest BCUT2D eigenvalue weighted by Gasteiger charge is -2.11. The van der Waals surface area contributed by atoms with Gasteiger partial charge in [-0.05, 0) is 17.7 Å². The zero-order chi connectivity index (χ0) is 15.5. The van der Waals surface area contributed by atoms with Crippen molar-refractivity contribution in [3.05, 3.63) is 52.7 Å². The van der Waals surface area contributed by atoms with E-state index in [0.717, 1.165) is 0 Å². The van der Waals surface area contributed by atoms with Crippen LogP contribution in [0.3, 0.4) is 0 Å². The molecule has 1 heterocycles. The van der Waals surface area contributed by atoms with Crippen LogP contribution in [-0.4, -0.2) is 19.9 Å². The zero-order valence-corrected chi connectivity index (χ0v) is 11.7. The van der Waals surface area contributed by atoms with Crippen molar-refractivity contribution < 1.29 is 18.6 Å². The second kappa shape index (κ2) is 5.83. The zero-order valence-electron chi connectivity index (χ0n) is 11.7. The van der Waals surface area contributed by atoms with Crippen molar-refractivity contribution in [1.82, 2.24) is 0 Å². The molecule has 0 aliphatic carbocycles. The smallest absolute Gasteiger partial charge is 0.247 e. The van der Waals surface area contributed by atoms with Crippen LogP contribution in [0.15, 0.2) is 41.5 Å². The Morgan fingerprint density at radius 1 is 1.27 bits per heavy atom. The van der Waals surface area contributed by atoms with Gasteiger partial charge in [0.1, 0.15) is 18.1 Å². The van der Waals surface area contributed by atoms with Crippen LogP contribution in [-0.2, 0) is 0 Å². The highest BCUT2D eigenvalue weighted by molar-refractivity contribution is 5.78. The molecule has 0 N–H and O–H groups in total. The van der Waals surface area contributed by atoms with E-state index in [1.807, 2.05) is 12.1 Å². The lowest BCUT2D eigenvalue weighted by molar-refractivity contribution is 0.0583. The van der Waals surface area contributed by atoms with Gasteiger partial charge in [-0.25, -0.2) is 4.39 Å². The molecule has 2 aromatic rings. The Morgan fingerprint density at radius 2 is 2.09 bits per heavy atom. The van der Waals surface area contributed by atoms with E-state index in [2.05, 4.69) is 10.0 Å². The van der Waals surface area contributed by atoms with E-state index in [1.54, 1.807) is 19.2 Å². The fourth-order valence-electron chi connectivity index (χ4n) is 2.32. The maximum Gasteiger partial charge on any atom is 0.247 e. The summed E-state index contributed by atoms with van der Waals surface area (Å²) in [6.07, 6.45) is -0.763. The van der Waals surface area contributed by atoms with Crippen molar-refractivity contribution in [2.75, 3.05) is 13.7 Å². The summed E-state index contributed by atoms with van der Waals surface area (Å²) in [5, 5.41) is 3.41. The molecule has 0 fully saturated rings. The number of para-hydroxylation sites is 1. The van der Waals surface area contributed by atoms with Gasteiger partial charge in [0, 0.05) is 22.1 Å². The summed E-state index contributed by atoms with van der Waals surface area (Å²) in [6, 6.07) is 9.82. The number of benzene rings is 2. The monoisotopic (exact) mass is 301 g/mol. The molecule has 112 valence electrons. The number of ether oxygens (including phenoxy) is 3. The van der Waals surface area contributed by atoms with Crippen LogP contribution in [0.2, 0.25) is 0 Å². The molecule has 2 aromatic carbocycles. The van der Waals surface area contributed by atoms with Crippen LogP contribution in [0.4, 0.5) is 4.39 Å². The molecule has 0 aromatic heterocycles. The van der Waals surface area contributed by atoms with Crippen molar-refractivity contribution in [3.63, 3.8) is 0 Å². The highest BCUT2D eigenvalue weighted by Gasteiger charge is 2.28.